The number of anilines is 1. The van der Waals surface area contributed by atoms with Gasteiger partial charge in [0.2, 0.25) is 0 Å². The Kier molecular flexibility index (Phi) is 5.29. The zero-order valence-electron chi connectivity index (χ0n) is 15.9. The first kappa shape index (κ1) is 17.9. The van der Waals surface area contributed by atoms with Crippen LogP contribution in [0.1, 0.15) is 24.6 Å². The van der Waals surface area contributed by atoms with E-state index >= 15 is 0 Å². The number of guanidine groups is 1. The molecule has 0 radical (unpaired) electrons. The number of fused-ring (bicyclic) bond motifs is 1. The normalized spacial score (nSPS) is 17.6. The molecule has 6 nitrogen and oxygen atoms in total. The van der Waals surface area contributed by atoms with Gasteiger partial charge in [-0.25, -0.2) is 9.98 Å². The van der Waals surface area contributed by atoms with E-state index in [0.717, 1.165) is 42.7 Å². The highest BCUT2D eigenvalue weighted by atomic mass is 32.1. The van der Waals surface area contributed by atoms with Crippen molar-refractivity contribution in [3.63, 3.8) is 0 Å². The van der Waals surface area contributed by atoms with Crippen LogP contribution in [-0.2, 0) is 6.54 Å². The maximum absolute atomic E-state index is 4.74. The highest BCUT2D eigenvalue weighted by Gasteiger charge is 2.23. The Morgan fingerprint density at radius 1 is 1.33 bits per heavy atom. The lowest BCUT2D eigenvalue weighted by Crippen LogP contribution is -2.44. The summed E-state index contributed by atoms with van der Waals surface area (Å²) < 4.78 is 2.05. The van der Waals surface area contributed by atoms with Gasteiger partial charge in [-0.05, 0) is 32.4 Å². The van der Waals surface area contributed by atoms with E-state index in [1.165, 1.54) is 11.3 Å². The minimum atomic E-state index is 0.398. The predicted molar refractivity (Wildman–Crippen MR) is 113 cm³/mol. The van der Waals surface area contributed by atoms with Gasteiger partial charge in [0.05, 0.1) is 12.2 Å². The van der Waals surface area contributed by atoms with Crippen molar-refractivity contribution in [1.29, 1.82) is 0 Å². The summed E-state index contributed by atoms with van der Waals surface area (Å²) in [6.45, 7) is 7.71. The van der Waals surface area contributed by atoms with E-state index in [1.54, 1.807) is 11.3 Å². The molecule has 4 rings (SSSR count). The first-order valence-corrected chi connectivity index (χ1v) is 10.4. The zero-order valence-corrected chi connectivity index (χ0v) is 16.7. The summed E-state index contributed by atoms with van der Waals surface area (Å²) in [5.41, 5.74) is 3.59. The van der Waals surface area contributed by atoms with E-state index in [-0.39, 0.29) is 0 Å². The fourth-order valence-corrected chi connectivity index (χ4v) is 4.11. The van der Waals surface area contributed by atoms with Crippen LogP contribution in [0.15, 0.2) is 47.0 Å². The largest absolute Gasteiger partial charge is 0.369 e. The number of thiazole rings is 1. The molecule has 1 fully saturated rings. The van der Waals surface area contributed by atoms with Crippen LogP contribution in [-0.4, -0.2) is 41.0 Å². The predicted octanol–water partition coefficient (Wildman–Crippen LogP) is 3.04. The molecule has 3 aromatic rings. The van der Waals surface area contributed by atoms with Crippen molar-refractivity contribution in [1.82, 2.24) is 20.0 Å². The lowest BCUT2D eigenvalue weighted by Gasteiger charge is -2.20. The molecule has 1 aliphatic heterocycles. The zero-order chi connectivity index (χ0) is 18.6. The molecule has 0 saturated carbocycles. The fraction of sp³-hybridized carbons (Fsp3) is 0.400. The van der Waals surface area contributed by atoms with Gasteiger partial charge in [0.25, 0.3) is 0 Å². The van der Waals surface area contributed by atoms with Crippen molar-refractivity contribution in [3.8, 4) is 0 Å². The van der Waals surface area contributed by atoms with Gasteiger partial charge in [0.1, 0.15) is 0 Å². The van der Waals surface area contributed by atoms with E-state index in [0.29, 0.717) is 12.6 Å². The van der Waals surface area contributed by atoms with E-state index in [4.69, 9.17) is 4.99 Å². The number of rotatable bonds is 5. The number of hydrogen-bond donors (Lipinski definition) is 2. The molecule has 1 saturated heterocycles. The Bertz CT molecular complexity index is 882. The molecule has 7 heteroatoms. The molecule has 27 heavy (non-hydrogen) atoms. The smallest absolute Gasteiger partial charge is 0.193 e. The Hall–Kier alpha value is -2.54. The number of nitrogens with zero attached hydrogens (tertiary/aromatic N) is 4. The second-order valence-corrected chi connectivity index (χ2v) is 7.80. The van der Waals surface area contributed by atoms with E-state index in [9.17, 15) is 0 Å². The van der Waals surface area contributed by atoms with Crippen LogP contribution in [0.3, 0.4) is 0 Å². The highest BCUT2D eigenvalue weighted by molar-refractivity contribution is 7.15. The van der Waals surface area contributed by atoms with Crippen molar-refractivity contribution >= 4 is 27.9 Å². The average Bonchev–Trinajstić information content (AvgIpc) is 3.36. The van der Waals surface area contributed by atoms with Crippen LogP contribution >= 0.6 is 11.3 Å². The summed E-state index contributed by atoms with van der Waals surface area (Å²) in [7, 11) is 0. The Balaban J connectivity index is 1.37. The molecule has 2 aromatic heterocycles. The first-order chi connectivity index (χ1) is 13.2. The van der Waals surface area contributed by atoms with Crippen LogP contribution in [0.4, 0.5) is 5.69 Å². The standard InChI is InChI=1S/C20H26N6S/c1-3-21-19(22-12-17-14-26-10-11-27-20(26)24-17)23-16-8-9-25(13-16)18-6-4-15(2)5-7-18/h4-7,10-11,14,16H,3,8-9,12-13H2,1-2H3,(H2,21,22,23). The number of hydrogen-bond acceptors (Lipinski definition) is 4. The Labute approximate surface area is 164 Å². The van der Waals surface area contributed by atoms with Crippen LogP contribution in [0.25, 0.3) is 4.96 Å². The number of nitrogens with one attached hydrogen (secondary N) is 2. The van der Waals surface area contributed by atoms with Gasteiger partial charge >= 0.3 is 0 Å². The number of aromatic nitrogens is 2. The first-order valence-electron chi connectivity index (χ1n) is 9.49. The lowest BCUT2D eigenvalue weighted by molar-refractivity contribution is 0.649. The van der Waals surface area contributed by atoms with Crippen molar-refractivity contribution < 1.29 is 0 Å². The van der Waals surface area contributed by atoms with Gasteiger partial charge in [0, 0.05) is 49.1 Å². The Morgan fingerprint density at radius 2 is 2.19 bits per heavy atom. The minimum absolute atomic E-state index is 0.398. The fourth-order valence-electron chi connectivity index (χ4n) is 3.39. The summed E-state index contributed by atoms with van der Waals surface area (Å²) in [6.07, 6.45) is 5.19. The van der Waals surface area contributed by atoms with Crippen LogP contribution in [0.2, 0.25) is 0 Å². The van der Waals surface area contributed by atoms with Gasteiger partial charge in [-0.2, -0.15) is 0 Å². The molecular formula is C20H26N6S. The summed E-state index contributed by atoms with van der Waals surface area (Å²) >= 11 is 1.64. The topological polar surface area (TPSA) is 57.0 Å². The van der Waals surface area contributed by atoms with E-state index < -0.39 is 0 Å². The number of benzene rings is 1. The molecule has 1 unspecified atom stereocenters. The quantitative estimate of drug-likeness (QED) is 0.526. The van der Waals surface area contributed by atoms with E-state index in [2.05, 4.69) is 58.6 Å². The summed E-state index contributed by atoms with van der Waals surface area (Å²) in [6, 6.07) is 9.17. The van der Waals surface area contributed by atoms with Gasteiger partial charge in [-0.3, -0.25) is 4.40 Å². The molecular weight excluding hydrogens is 356 g/mol. The number of imidazole rings is 1. The number of aliphatic imine (C=N–C) groups is 1. The third kappa shape index (κ3) is 4.24. The molecule has 1 atom stereocenters. The third-order valence-electron chi connectivity index (χ3n) is 4.81. The maximum Gasteiger partial charge on any atom is 0.193 e. The molecule has 3 heterocycles. The second-order valence-electron chi connectivity index (χ2n) is 6.93. The van der Waals surface area contributed by atoms with Gasteiger partial charge in [0.15, 0.2) is 10.9 Å². The Morgan fingerprint density at radius 3 is 2.96 bits per heavy atom. The van der Waals surface area contributed by atoms with Crippen molar-refractivity contribution in [2.45, 2.75) is 32.9 Å². The molecule has 0 bridgehead atoms. The monoisotopic (exact) mass is 382 g/mol. The molecule has 0 aliphatic carbocycles. The molecule has 2 N–H and O–H groups in total. The van der Waals surface area contributed by atoms with Gasteiger partial charge in [-0.15, -0.1) is 11.3 Å². The molecule has 0 amide bonds. The minimum Gasteiger partial charge on any atom is -0.369 e. The lowest BCUT2D eigenvalue weighted by atomic mass is 10.2. The average molecular weight is 383 g/mol. The van der Waals surface area contributed by atoms with E-state index in [1.807, 2.05) is 22.2 Å². The third-order valence-corrected chi connectivity index (χ3v) is 5.59. The summed E-state index contributed by atoms with van der Waals surface area (Å²) in [5, 5.41) is 8.99. The SMILES string of the molecule is CCNC(=NCc1cn2ccsc2n1)NC1CCN(c2ccc(C)cc2)C1. The second kappa shape index (κ2) is 8.00. The number of aryl methyl sites for hydroxylation is 1. The van der Waals surface area contributed by atoms with Gasteiger partial charge in [-0.1, -0.05) is 17.7 Å². The van der Waals surface area contributed by atoms with Crippen molar-refractivity contribution in [3.05, 3.63) is 53.3 Å². The highest BCUT2D eigenvalue weighted by Crippen LogP contribution is 2.20. The molecule has 1 aromatic carbocycles. The van der Waals surface area contributed by atoms with Crippen molar-refractivity contribution in [2.75, 3.05) is 24.5 Å². The summed E-state index contributed by atoms with van der Waals surface area (Å²) in [4.78, 5) is 12.8. The van der Waals surface area contributed by atoms with Crippen LogP contribution < -0.4 is 15.5 Å². The summed E-state index contributed by atoms with van der Waals surface area (Å²) in [5.74, 6) is 0.865. The van der Waals surface area contributed by atoms with Crippen LogP contribution in [0, 0.1) is 6.92 Å². The molecule has 0 spiro atoms. The molecule has 142 valence electrons. The van der Waals surface area contributed by atoms with Crippen molar-refractivity contribution in [2.24, 2.45) is 4.99 Å². The maximum atomic E-state index is 4.74. The molecule has 1 aliphatic rings. The van der Waals surface area contributed by atoms with Gasteiger partial charge < -0.3 is 15.5 Å². The van der Waals surface area contributed by atoms with Crippen LogP contribution in [0.5, 0.6) is 0 Å².